The molecule has 2 amide bonds. The summed E-state index contributed by atoms with van der Waals surface area (Å²) in [5, 5.41) is 0. The van der Waals surface area contributed by atoms with Crippen LogP contribution in [0.2, 0.25) is 0 Å². The molecular formula is C23H22F6N2O5S. The Hall–Kier alpha value is -3.29. The SMILES string of the molecule is CCCCCOC(=O)N(C(c1ccc(F)cc1)N1CCc2c(F)ccc(F)c2C1=O)S(=O)(=O)C(F)(F)F. The van der Waals surface area contributed by atoms with Crippen LogP contribution in [-0.4, -0.2) is 48.3 Å². The van der Waals surface area contributed by atoms with E-state index in [1.165, 1.54) is 0 Å². The lowest BCUT2D eigenvalue weighted by Gasteiger charge is -2.40. The van der Waals surface area contributed by atoms with Crippen molar-refractivity contribution in [3.05, 3.63) is 70.5 Å². The average Bonchev–Trinajstić information content (AvgIpc) is 2.82. The van der Waals surface area contributed by atoms with Gasteiger partial charge in [-0.3, -0.25) is 4.79 Å². The van der Waals surface area contributed by atoms with Crippen LogP contribution in [0, 0.1) is 17.5 Å². The highest BCUT2D eigenvalue weighted by atomic mass is 32.2. The number of rotatable bonds is 8. The molecule has 2 aromatic carbocycles. The molecule has 0 aliphatic carbocycles. The van der Waals surface area contributed by atoms with Crippen LogP contribution in [0.4, 0.5) is 31.1 Å². The minimum Gasteiger partial charge on any atom is -0.449 e. The van der Waals surface area contributed by atoms with Gasteiger partial charge < -0.3 is 9.64 Å². The minimum atomic E-state index is -6.50. The van der Waals surface area contributed by atoms with Gasteiger partial charge in [0.15, 0.2) is 6.17 Å². The van der Waals surface area contributed by atoms with E-state index in [0.717, 1.165) is 30.3 Å². The van der Waals surface area contributed by atoms with Crippen molar-refractivity contribution in [3.8, 4) is 0 Å². The zero-order valence-electron chi connectivity index (χ0n) is 19.4. The third-order valence-corrected chi connectivity index (χ3v) is 7.12. The molecule has 0 bridgehead atoms. The Morgan fingerprint density at radius 2 is 1.68 bits per heavy atom. The molecule has 0 saturated heterocycles. The van der Waals surface area contributed by atoms with Crippen molar-refractivity contribution < 1.29 is 49.1 Å². The molecule has 0 N–H and O–H groups in total. The molecule has 7 nitrogen and oxygen atoms in total. The number of nitrogens with zero attached hydrogens (tertiary/aromatic N) is 2. The summed E-state index contributed by atoms with van der Waals surface area (Å²) in [5.74, 6) is -4.36. The van der Waals surface area contributed by atoms with Gasteiger partial charge in [0.2, 0.25) is 0 Å². The summed E-state index contributed by atoms with van der Waals surface area (Å²) in [6.45, 7) is 0.777. The van der Waals surface area contributed by atoms with Crippen LogP contribution in [-0.2, 0) is 21.2 Å². The van der Waals surface area contributed by atoms with E-state index < -0.39 is 86.2 Å². The van der Waals surface area contributed by atoms with Crippen LogP contribution >= 0.6 is 0 Å². The molecule has 0 fully saturated rings. The first-order chi connectivity index (χ1) is 17.3. The lowest BCUT2D eigenvalue weighted by molar-refractivity contribution is -0.0526. The van der Waals surface area contributed by atoms with E-state index in [1.807, 2.05) is 0 Å². The molecule has 14 heteroatoms. The van der Waals surface area contributed by atoms with Crippen molar-refractivity contribution in [1.82, 2.24) is 9.21 Å². The number of unbranched alkanes of at least 4 members (excludes halogenated alkanes) is 2. The minimum absolute atomic E-state index is 0.212. The molecule has 202 valence electrons. The Bertz CT molecular complexity index is 1270. The van der Waals surface area contributed by atoms with Crippen molar-refractivity contribution in [2.24, 2.45) is 0 Å². The predicted octanol–water partition coefficient (Wildman–Crippen LogP) is 5.28. The molecule has 0 radical (unpaired) electrons. The Labute approximate surface area is 208 Å². The van der Waals surface area contributed by atoms with Crippen LogP contribution in [0.5, 0.6) is 0 Å². The molecule has 2 aromatic rings. The fourth-order valence-corrected chi connectivity index (χ4v) is 4.84. The van der Waals surface area contributed by atoms with E-state index in [-0.39, 0.29) is 12.0 Å². The van der Waals surface area contributed by atoms with E-state index in [1.54, 1.807) is 6.92 Å². The highest BCUT2D eigenvalue weighted by Crippen LogP contribution is 2.39. The summed E-state index contributed by atoms with van der Waals surface area (Å²) in [7, 11) is -6.50. The second kappa shape index (κ2) is 11.0. The van der Waals surface area contributed by atoms with Gasteiger partial charge in [0.05, 0.1) is 12.2 Å². The van der Waals surface area contributed by atoms with Gasteiger partial charge in [-0.15, -0.1) is 0 Å². The number of carbonyl (C=O) groups excluding carboxylic acids is 2. The largest absolute Gasteiger partial charge is 0.516 e. The second-order valence-electron chi connectivity index (χ2n) is 8.12. The Kier molecular flexibility index (Phi) is 8.40. The molecule has 1 unspecified atom stereocenters. The highest BCUT2D eigenvalue weighted by Gasteiger charge is 2.57. The molecule has 0 saturated carbocycles. The number of carbonyl (C=O) groups is 2. The van der Waals surface area contributed by atoms with Gasteiger partial charge in [0.25, 0.3) is 5.91 Å². The molecule has 0 aromatic heterocycles. The van der Waals surface area contributed by atoms with E-state index in [2.05, 4.69) is 0 Å². The molecule has 1 heterocycles. The van der Waals surface area contributed by atoms with Crippen molar-refractivity contribution in [2.75, 3.05) is 13.2 Å². The standard InChI is InChI=1S/C23H22F6N2O5S/c1-2-3-4-13-36-22(33)31(37(34,35)23(27,28)29)20(14-5-7-15(24)8-6-14)30-12-11-16-17(25)9-10-18(26)19(16)21(30)32/h5-10,20H,2-4,11-13H2,1H3. The zero-order valence-corrected chi connectivity index (χ0v) is 20.2. The number of halogens is 6. The zero-order chi connectivity index (χ0) is 27.5. The van der Waals surface area contributed by atoms with Gasteiger partial charge in [-0.05, 0) is 42.7 Å². The van der Waals surface area contributed by atoms with Gasteiger partial charge in [-0.2, -0.15) is 25.9 Å². The van der Waals surface area contributed by atoms with Crippen molar-refractivity contribution in [3.63, 3.8) is 0 Å². The third kappa shape index (κ3) is 5.68. The maximum absolute atomic E-state index is 14.5. The van der Waals surface area contributed by atoms with Crippen molar-refractivity contribution in [1.29, 1.82) is 0 Å². The molecular weight excluding hydrogens is 530 g/mol. The topological polar surface area (TPSA) is 84.0 Å². The number of benzene rings is 2. The Morgan fingerprint density at radius 3 is 2.27 bits per heavy atom. The monoisotopic (exact) mass is 552 g/mol. The summed E-state index contributed by atoms with van der Waals surface area (Å²) in [6, 6.07) is 4.69. The lowest BCUT2D eigenvalue weighted by Crippen LogP contribution is -2.54. The smallest absolute Gasteiger partial charge is 0.449 e. The molecule has 1 aliphatic heterocycles. The van der Waals surface area contributed by atoms with Crippen molar-refractivity contribution in [2.45, 2.75) is 44.3 Å². The predicted molar refractivity (Wildman–Crippen MR) is 118 cm³/mol. The number of ether oxygens (including phenoxy) is 1. The van der Waals surface area contributed by atoms with Gasteiger partial charge in [0.1, 0.15) is 17.5 Å². The van der Waals surface area contributed by atoms with Gasteiger partial charge >= 0.3 is 21.6 Å². The van der Waals surface area contributed by atoms with Gasteiger partial charge in [0, 0.05) is 12.1 Å². The van der Waals surface area contributed by atoms with Gasteiger partial charge in [-0.1, -0.05) is 31.9 Å². The summed E-state index contributed by atoms with van der Waals surface area (Å²) in [4.78, 5) is 26.6. The lowest BCUT2D eigenvalue weighted by atomic mass is 9.96. The highest BCUT2D eigenvalue weighted by molar-refractivity contribution is 7.90. The fraction of sp³-hybridized carbons (Fsp3) is 0.391. The van der Waals surface area contributed by atoms with Crippen LogP contribution in [0.1, 0.15) is 53.8 Å². The van der Waals surface area contributed by atoms with Crippen LogP contribution in [0.15, 0.2) is 36.4 Å². The van der Waals surface area contributed by atoms with Crippen LogP contribution < -0.4 is 0 Å². The summed E-state index contributed by atoms with van der Waals surface area (Å²) in [6.07, 6.45) is -3.32. The third-order valence-electron chi connectivity index (χ3n) is 5.67. The normalized spacial score (nSPS) is 14.8. The molecule has 1 aliphatic rings. The molecule has 1 atom stereocenters. The van der Waals surface area contributed by atoms with Crippen LogP contribution in [0.25, 0.3) is 0 Å². The average molecular weight is 552 g/mol. The Balaban J connectivity index is 2.19. The quantitative estimate of drug-likeness (QED) is 0.329. The second-order valence-corrected chi connectivity index (χ2v) is 9.93. The van der Waals surface area contributed by atoms with E-state index in [9.17, 15) is 44.3 Å². The fourth-order valence-electron chi connectivity index (χ4n) is 3.87. The van der Waals surface area contributed by atoms with E-state index in [4.69, 9.17) is 4.74 Å². The summed E-state index contributed by atoms with van der Waals surface area (Å²) in [5.41, 5.74) is -7.61. The maximum Gasteiger partial charge on any atom is 0.516 e. The maximum atomic E-state index is 14.5. The number of fused-ring (bicyclic) bond motifs is 1. The number of amides is 2. The molecule has 3 rings (SSSR count). The first-order valence-electron chi connectivity index (χ1n) is 11.1. The number of sulfonamides is 1. The van der Waals surface area contributed by atoms with E-state index >= 15 is 0 Å². The molecule has 37 heavy (non-hydrogen) atoms. The first kappa shape index (κ1) is 28.3. The summed E-state index contributed by atoms with van der Waals surface area (Å²) < 4.78 is 113. The summed E-state index contributed by atoms with van der Waals surface area (Å²) >= 11 is 0. The van der Waals surface area contributed by atoms with Crippen molar-refractivity contribution >= 4 is 22.0 Å². The van der Waals surface area contributed by atoms with E-state index in [0.29, 0.717) is 23.8 Å². The van der Waals surface area contributed by atoms with Gasteiger partial charge in [-0.25, -0.2) is 18.0 Å². The number of alkyl halides is 3. The van der Waals surface area contributed by atoms with Crippen LogP contribution in [0.3, 0.4) is 0 Å². The number of hydrogen-bond acceptors (Lipinski definition) is 5. The number of hydrogen-bond donors (Lipinski definition) is 0. The molecule has 0 spiro atoms. The first-order valence-corrected chi connectivity index (χ1v) is 12.6. The Morgan fingerprint density at radius 1 is 1.05 bits per heavy atom.